The second-order valence-electron chi connectivity index (χ2n) is 4.97. The van der Waals surface area contributed by atoms with Crippen LogP contribution >= 0.6 is 0 Å². The third kappa shape index (κ3) is 3.65. The van der Waals surface area contributed by atoms with E-state index in [1.165, 1.54) is 7.11 Å². The third-order valence-electron chi connectivity index (χ3n) is 3.34. The average Bonchev–Trinajstić information content (AvgIpc) is 2.67. The van der Waals surface area contributed by atoms with Crippen LogP contribution in [-0.4, -0.2) is 23.0 Å². The van der Waals surface area contributed by atoms with Crippen LogP contribution in [0.25, 0.3) is 11.3 Å². The van der Waals surface area contributed by atoms with Crippen molar-refractivity contribution in [3.05, 3.63) is 83.8 Å². The number of ether oxygens (including phenoxy) is 1. The van der Waals surface area contributed by atoms with Crippen molar-refractivity contribution in [2.75, 3.05) is 7.11 Å². The van der Waals surface area contributed by atoms with Crippen LogP contribution in [0.2, 0.25) is 0 Å². The van der Waals surface area contributed by atoms with Crippen LogP contribution in [0.1, 0.15) is 21.6 Å². The molecular weight excluding hydrogens is 300 g/mol. The fraction of sp³-hybridized carbons (Fsp3) is 0.0500. The van der Waals surface area contributed by atoms with Crippen molar-refractivity contribution in [3.63, 3.8) is 0 Å². The SMILES string of the molecule is COC(=O)c1cccc(-c2ccc(C#Cc3cccnc3)cc2)n1. The third-order valence-corrected chi connectivity index (χ3v) is 3.34. The molecule has 0 spiro atoms. The molecule has 0 radical (unpaired) electrons. The maximum absolute atomic E-state index is 11.6. The molecule has 0 amide bonds. The lowest BCUT2D eigenvalue weighted by atomic mass is 10.1. The van der Waals surface area contributed by atoms with Crippen molar-refractivity contribution in [3.8, 4) is 23.1 Å². The van der Waals surface area contributed by atoms with Gasteiger partial charge in [0.1, 0.15) is 5.69 Å². The van der Waals surface area contributed by atoms with Gasteiger partial charge in [-0.25, -0.2) is 9.78 Å². The molecular formula is C20H14N2O2. The van der Waals surface area contributed by atoms with Crippen LogP contribution in [0.4, 0.5) is 0 Å². The summed E-state index contributed by atoms with van der Waals surface area (Å²) >= 11 is 0. The summed E-state index contributed by atoms with van der Waals surface area (Å²) in [6, 6.07) is 16.7. The normalized spacial score (nSPS) is 9.71. The highest BCUT2D eigenvalue weighted by Gasteiger charge is 2.08. The Hall–Kier alpha value is -3.45. The molecule has 2 aromatic heterocycles. The van der Waals surface area contributed by atoms with E-state index in [2.05, 4.69) is 21.8 Å². The van der Waals surface area contributed by atoms with Crippen molar-refractivity contribution in [2.24, 2.45) is 0 Å². The molecule has 0 fully saturated rings. The van der Waals surface area contributed by atoms with Crippen LogP contribution in [0.15, 0.2) is 67.0 Å². The molecule has 4 heteroatoms. The second kappa shape index (κ2) is 7.21. The number of pyridine rings is 2. The lowest BCUT2D eigenvalue weighted by Gasteiger charge is -2.03. The van der Waals surface area contributed by atoms with Crippen LogP contribution in [0.3, 0.4) is 0 Å². The van der Waals surface area contributed by atoms with Gasteiger partial charge < -0.3 is 4.74 Å². The van der Waals surface area contributed by atoms with Gasteiger partial charge in [0.25, 0.3) is 0 Å². The summed E-state index contributed by atoms with van der Waals surface area (Å²) in [5.74, 6) is 5.71. The number of nitrogens with zero attached hydrogens (tertiary/aromatic N) is 2. The maximum Gasteiger partial charge on any atom is 0.356 e. The molecule has 0 N–H and O–H groups in total. The maximum atomic E-state index is 11.6. The number of hydrogen-bond acceptors (Lipinski definition) is 4. The number of benzene rings is 1. The molecule has 4 nitrogen and oxygen atoms in total. The molecule has 1 aromatic carbocycles. The summed E-state index contributed by atoms with van der Waals surface area (Å²) in [6.07, 6.45) is 3.44. The van der Waals surface area contributed by atoms with Gasteiger partial charge in [-0.1, -0.05) is 30.0 Å². The van der Waals surface area contributed by atoms with Crippen LogP contribution < -0.4 is 0 Å². The Kier molecular flexibility index (Phi) is 4.64. The summed E-state index contributed by atoms with van der Waals surface area (Å²) in [6.45, 7) is 0. The van der Waals surface area contributed by atoms with Crippen LogP contribution in [0, 0.1) is 11.8 Å². The zero-order chi connectivity index (χ0) is 16.8. The predicted molar refractivity (Wildman–Crippen MR) is 91.2 cm³/mol. The highest BCUT2D eigenvalue weighted by Crippen LogP contribution is 2.18. The monoisotopic (exact) mass is 314 g/mol. The Balaban J connectivity index is 1.83. The molecule has 0 atom stereocenters. The molecule has 3 aromatic rings. The minimum absolute atomic E-state index is 0.287. The van der Waals surface area contributed by atoms with Gasteiger partial charge in [-0.3, -0.25) is 4.98 Å². The van der Waals surface area contributed by atoms with Crippen molar-refractivity contribution in [2.45, 2.75) is 0 Å². The first kappa shape index (κ1) is 15.4. The average molecular weight is 314 g/mol. The molecule has 116 valence electrons. The van der Waals surface area contributed by atoms with Gasteiger partial charge in [-0.2, -0.15) is 0 Å². The van der Waals surface area contributed by atoms with Gasteiger partial charge in [0.05, 0.1) is 12.8 Å². The fourth-order valence-corrected chi connectivity index (χ4v) is 2.12. The minimum atomic E-state index is -0.448. The molecule has 0 bridgehead atoms. The van der Waals surface area contributed by atoms with Crippen molar-refractivity contribution in [1.29, 1.82) is 0 Å². The van der Waals surface area contributed by atoms with E-state index in [1.54, 1.807) is 24.5 Å². The predicted octanol–water partition coefficient (Wildman–Crippen LogP) is 3.33. The highest BCUT2D eigenvalue weighted by molar-refractivity contribution is 5.87. The quantitative estimate of drug-likeness (QED) is 0.538. The first-order valence-electron chi connectivity index (χ1n) is 7.34. The van der Waals surface area contributed by atoms with Crippen molar-refractivity contribution >= 4 is 5.97 Å². The van der Waals surface area contributed by atoms with Crippen LogP contribution in [-0.2, 0) is 4.74 Å². The van der Waals surface area contributed by atoms with E-state index in [0.29, 0.717) is 5.69 Å². The second-order valence-corrected chi connectivity index (χ2v) is 4.97. The fourth-order valence-electron chi connectivity index (χ4n) is 2.12. The van der Waals surface area contributed by atoms with Gasteiger partial charge in [0, 0.05) is 29.1 Å². The zero-order valence-corrected chi connectivity index (χ0v) is 13.1. The Labute approximate surface area is 140 Å². The van der Waals surface area contributed by atoms with Gasteiger partial charge >= 0.3 is 5.97 Å². The molecule has 24 heavy (non-hydrogen) atoms. The van der Waals surface area contributed by atoms with E-state index in [4.69, 9.17) is 4.74 Å². The van der Waals surface area contributed by atoms with Gasteiger partial charge in [0.2, 0.25) is 0 Å². The number of rotatable bonds is 2. The summed E-state index contributed by atoms with van der Waals surface area (Å²) in [5, 5.41) is 0. The standard InChI is InChI=1S/C20H14N2O2/c1-24-20(23)19-6-2-5-18(22-19)17-11-9-15(10-12-17)7-8-16-4-3-13-21-14-16/h2-6,9-14H,1H3. The van der Waals surface area contributed by atoms with E-state index in [1.807, 2.05) is 42.5 Å². The minimum Gasteiger partial charge on any atom is -0.464 e. The lowest BCUT2D eigenvalue weighted by Crippen LogP contribution is -2.04. The van der Waals surface area contributed by atoms with E-state index in [-0.39, 0.29) is 5.69 Å². The molecule has 0 aliphatic carbocycles. The first-order valence-corrected chi connectivity index (χ1v) is 7.34. The zero-order valence-electron chi connectivity index (χ0n) is 13.1. The van der Waals surface area contributed by atoms with E-state index >= 15 is 0 Å². The molecule has 0 unspecified atom stereocenters. The molecule has 0 aliphatic rings. The Morgan fingerprint density at radius 2 is 1.75 bits per heavy atom. The highest BCUT2D eigenvalue weighted by atomic mass is 16.5. The number of carbonyl (C=O) groups excluding carboxylic acids is 1. The number of hydrogen-bond donors (Lipinski definition) is 0. The summed E-state index contributed by atoms with van der Waals surface area (Å²) in [7, 11) is 1.34. The summed E-state index contributed by atoms with van der Waals surface area (Å²) < 4.78 is 4.70. The Morgan fingerprint density at radius 3 is 2.46 bits per heavy atom. The van der Waals surface area contributed by atoms with E-state index < -0.39 is 5.97 Å². The molecule has 0 aliphatic heterocycles. The summed E-state index contributed by atoms with van der Waals surface area (Å²) in [5.41, 5.74) is 3.67. The topological polar surface area (TPSA) is 52.1 Å². The molecule has 0 saturated heterocycles. The van der Waals surface area contributed by atoms with E-state index in [9.17, 15) is 4.79 Å². The molecule has 0 saturated carbocycles. The van der Waals surface area contributed by atoms with Crippen molar-refractivity contribution < 1.29 is 9.53 Å². The van der Waals surface area contributed by atoms with Gasteiger partial charge in [-0.05, 0) is 36.4 Å². The van der Waals surface area contributed by atoms with Gasteiger partial charge in [-0.15, -0.1) is 0 Å². The largest absolute Gasteiger partial charge is 0.464 e. The number of carbonyl (C=O) groups is 1. The van der Waals surface area contributed by atoms with E-state index in [0.717, 1.165) is 16.7 Å². The van der Waals surface area contributed by atoms with Crippen molar-refractivity contribution in [1.82, 2.24) is 9.97 Å². The smallest absolute Gasteiger partial charge is 0.356 e. The number of methoxy groups -OCH3 is 1. The Bertz CT molecular complexity index is 908. The molecule has 3 rings (SSSR count). The summed E-state index contributed by atoms with van der Waals surface area (Å²) in [4.78, 5) is 19.9. The number of esters is 1. The van der Waals surface area contributed by atoms with Gasteiger partial charge in [0.15, 0.2) is 0 Å². The number of aromatic nitrogens is 2. The van der Waals surface area contributed by atoms with Crippen LogP contribution in [0.5, 0.6) is 0 Å². The first-order chi connectivity index (χ1) is 11.8. The Morgan fingerprint density at radius 1 is 0.958 bits per heavy atom. The lowest BCUT2D eigenvalue weighted by molar-refractivity contribution is 0.0594. The molecule has 2 heterocycles.